The molecule has 0 radical (unpaired) electrons. The second kappa shape index (κ2) is 6.75. The molecule has 0 aromatic heterocycles. The number of methoxy groups -OCH3 is 1. The summed E-state index contributed by atoms with van der Waals surface area (Å²) in [6.45, 7) is 0.767. The van der Waals surface area contributed by atoms with E-state index < -0.39 is 0 Å². The molecule has 1 aromatic rings. The van der Waals surface area contributed by atoms with Crippen molar-refractivity contribution >= 4 is 17.2 Å². The highest BCUT2D eigenvalue weighted by Gasteiger charge is 2.15. The van der Waals surface area contributed by atoms with Gasteiger partial charge < -0.3 is 15.2 Å². The molecule has 1 saturated carbocycles. The fourth-order valence-electron chi connectivity index (χ4n) is 2.50. The lowest BCUT2D eigenvalue weighted by molar-refractivity contribution is 0.202. The Morgan fingerprint density at radius 2 is 2.00 bits per heavy atom. The van der Waals surface area contributed by atoms with Crippen molar-refractivity contribution in [2.24, 2.45) is 11.7 Å². The summed E-state index contributed by atoms with van der Waals surface area (Å²) in [5.74, 6) is 2.14. The van der Waals surface area contributed by atoms with Gasteiger partial charge in [0.2, 0.25) is 0 Å². The Morgan fingerprint density at radius 3 is 2.63 bits per heavy atom. The third-order valence-corrected chi connectivity index (χ3v) is 3.88. The van der Waals surface area contributed by atoms with Crippen LogP contribution in [0.4, 0.5) is 0 Å². The van der Waals surface area contributed by atoms with Crippen molar-refractivity contribution in [3.05, 3.63) is 23.8 Å². The molecule has 0 heterocycles. The van der Waals surface area contributed by atoms with E-state index in [9.17, 15) is 0 Å². The molecular formula is C15H21NO2S. The van der Waals surface area contributed by atoms with Gasteiger partial charge in [-0.05, 0) is 37.0 Å². The van der Waals surface area contributed by atoms with Crippen LogP contribution in [0, 0.1) is 5.92 Å². The van der Waals surface area contributed by atoms with Gasteiger partial charge in [0.1, 0.15) is 4.99 Å². The van der Waals surface area contributed by atoms with Crippen molar-refractivity contribution in [2.75, 3.05) is 13.7 Å². The van der Waals surface area contributed by atoms with E-state index in [0.29, 0.717) is 16.7 Å². The van der Waals surface area contributed by atoms with Crippen LogP contribution in [0.3, 0.4) is 0 Å². The van der Waals surface area contributed by atoms with E-state index in [0.717, 1.165) is 17.9 Å². The van der Waals surface area contributed by atoms with Gasteiger partial charge in [0.25, 0.3) is 0 Å². The second-order valence-corrected chi connectivity index (χ2v) is 5.48. The first-order chi connectivity index (χ1) is 9.20. The van der Waals surface area contributed by atoms with Gasteiger partial charge in [-0.1, -0.05) is 31.5 Å². The summed E-state index contributed by atoms with van der Waals surface area (Å²) in [7, 11) is 1.63. The summed E-state index contributed by atoms with van der Waals surface area (Å²) in [6, 6.07) is 5.59. The van der Waals surface area contributed by atoms with Gasteiger partial charge in [-0.3, -0.25) is 0 Å². The van der Waals surface area contributed by atoms with Crippen LogP contribution >= 0.6 is 12.2 Å². The van der Waals surface area contributed by atoms with Crippen molar-refractivity contribution in [3.63, 3.8) is 0 Å². The molecule has 1 aliphatic carbocycles. The molecule has 19 heavy (non-hydrogen) atoms. The van der Waals surface area contributed by atoms with Gasteiger partial charge in [-0.25, -0.2) is 0 Å². The molecule has 1 aliphatic rings. The summed E-state index contributed by atoms with van der Waals surface area (Å²) in [5, 5.41) is 0. The van der Waals surface area contributed by atoms with Gasteiger partial charge in [0, 0.05) is 5.56 Å². The minimum atomic E-state index is 0.372. The normalized spacial score (nSPS) is 16.1. The molecule has 1 aromatic carbocycles. The zero-order valence-corrected chi connectivity index (χ0v) is 12.2. The van der Waals surface area contributed by atoms with Crippen molar-refractivity contribution in [1.82, 2.24) is 0 Å². The Labute approximate surface area is 120 Å². The Bertz CT molecular complexity index is 442. The van der Waals surface area contributed by atoms with Crippen LogP contribution in [-0.2, 0) is 0 Å². The molecule has 0 aliphatic heterocycles. The number of ether oxygens (including phenoxy) is 2. The maximum atomic E-state index is 5.89. The van der Waals surface area contributed by atoms with E-state index in [-0.39, 0.29) is 0 Å². The summed E-state index contributed by atoms with van der Waals surface area (Å²) in [6.07, 6.45) is 6.56. The molecule has 104 valence electrons. The Kier molecular flexibility index (Phi) is 5.02. The lowest BCUT2D eigenvalue weighted by Gasteiger charge is -2.22. The van der Waals surface area contributed by atoms with Crippen molar-refractivity contribution in [1.29, 1.82) is 0 Å². The smallest absolute Gasteiger partial charge is 0.161 e. The first-order valence-corrected chi connectivity index (χ1v) is 7.22. The number of hydrogen-bond acceptors (Lipinski definition) is 3. The highest BCUT2D eigenvalue weighted by Crippen LogP contribution is 2.30. The van der Waals surface area contributed by atoms with Crippen LogP contribution in [0.15, 0.2) is 18.2 Å². The molecule has 0 unspecified atom stereocenters. The lowest BCUT2D eigenvalue weighted by atomic mass is 9.90. The van der Waals surface area contributed by atoms with Crippen LogP contribution < -0.4 is 15.2 Å². The van der Waals surface area contributed by atoms with Gasteiger partial charge in [0.05, 0.1) is 13.7 Å². The lowest BCUT2D eigenvalue weighted by Crippen LogP contribution is -2.16. The summed E-state index contributed by atoms with van der Waals surface area (Å²) in [5.41, 5.74) is 6.42. The predicted molar refractivity (Wildman–Crippen MR) is 81.0 cm³/mol. The monoisotopic (exact) mass is 279 g/mol. The largest absolute Gasteiger partial charge is 0.493 e. The maximum Gasteiger partial charge on any atom is 0.161 e. The highest BCUT2D eigenvalue weighted by atomic mass is 32.1. The summed E-state index contributed by atoms with van der Waals surface area (Å²) >= 11 is 4.96. The van der Waals surface area contributed by atoms with Crippen LogP contribution in [0.25, 0.3) is 0 Å². The van der Waals surface area contributed by atoms with Gasteiger partial charge in [-0.2, -0.15) is 0 Å². The summed E-state index contributed by atoms with van der Waals surface area (Å²) < 4.78 is 11.2. The molecule has 1 fully saturated rings. The Morgan fingerprint density at radius 1 is 1.26 bits per heavy atom. The van der Waals surface area contributed by atoms with Crippen LogP contribution in [0.5, 0.6) is 11.5 Å². The molecular weight excluding hydrogens is 258 g/mol. The van der Waals surface area contributed by atoms with Crippen molar-refractivity contribution in [2.45, 2.75) is 32.1 Å². The Hall–Kier alpha value is -1.29. The van der Waals surface area contributed by atoms with Crippen LogP contribution in [0.2, 0.25) is 0 Å². The number of hydrogen-bond donors (Lipinski definition) is 1. The third kappa shape index (κ3) is 3.83. The Balaban J connectivity index is 2.00. The van der Waals surface area contributed by atoms with E-state index in [1.165, 1.54) is 32.1 Å². The van der Waals surface area contributed by atoms with Crippen LogP contribution in [0.1, 0.15) is 37.7 Å². The minimum Gasteiger partial charge on any atom is -0.493 e. The molecule has 4 heteroatoms. The zero-order chi connectivity index (χ0) is 13.7. The number of benzene rings is 1. The molecule has 3 nitrogen and oxygen atoms in total. The van der Waals surface area contributed by atoms with Gasteiger partial charge >= 0.3 is 0 Å². The predicted octanol–water partition coefficient (Wildman–Crippen LogP) is 3.29. The van der Waals surface area contributed by atoms with Crippen molar-refractivity contribution in [3.8, 4) is 11.5 Å². The fraction of sp³-hybridized carbons (Fsp3) is 0.533. The number of thiocarbonyl (C=S) groups is 1. The third-order valence-electron chi connectivity index (χ3n) is 3.65. The van der Waals surface area contributed by atoms with Gasteiger partial charge in [-0.15, -0.1) is 0 Å². The average Bonchev–Trinajstić information content (AvgIpc) is 2.45. The van der Waals surface area contributed by atoms with Gasteiger partial charge in [0.15, 0.2) is 11.5 Å². The highest BCUT2D eigenvalue weighted by molar-refractivity contribution is 7.80. The molecule has 0 spiro atoms. The molecule has 2 rings (SSSR count). The second-order valence-electron chi connectivity index (χ2n) is 5.04. The molecule has 0 amide bonds. The van der Waals surface area contributed by atoms with E-state index in [2.05, 4.69) is 0 Å². The fourth-order valence-corrected chi connectivity index (χ4v) is 2.63. The quantitative estimate of drug-likeness (QED) is 0.840. The number of rotatable bonds is 5. The average molecular weight is 279 g/mol. The maximum absolute atomic E-state index is 5.89. The molecule has 0 atom stereocenters. The summed E-state index contributed by atoms with van der Waals surface area (Å²) in [4.78, 5) is 0.372. The topological polar surface area (TPSA) is 44.5 Å². The first kappa shape index (κ1) is 14.1. The van der Waals surface area contributed by atoms with E-state index in [1.54, 1.807) is 7.11 Å². The standard InChI is InChI=1S/C15H21NO2S/c1-17-14-9-12(15(16)19)7-8-13(14)18-10-11-5-3-2-4-6-11/h7-9,11H,2-6,10H2,1H3,(H2,16,19). The SMILES string of the molecule is COc1cc(C(N)=S)ccc1OCC1CCCCC1. The van der Waals surface area contributed by atoms with E-state index in [1.807, 2.05) is 18.2 Å². The minimum absolute atomic E-state index is 0.372. The molecule has 0 bridgehead atoms. The van der Waals surface area contributed by atoms with Crippen molar-refractivity contribution < 1.29 is 9.47 Å². The number of nitrogens with two attached hydrogens (primary N) is 1. The van der Waals surface area contributed by atoms with E-state index in [4.69, 9.17) is 27.4 Å². The molecule has 0 saturated heterocycles. The molecule has 2 N–H and O–H groups in total. The first-order valence-electron chi connectivity index (χ1n) is 6.81. The van der Waals surface area contributed by atoms with Crippen LogP contribution in [-0.4, -0.2) is 18.7 Å². The van der Waals surface area contributed by atoms with E-state index >= 15 is 0 Å². The zero-order valence-electron chi connectivity index (χ0n) is 11.4.